The molecule has 17 heavy (non-hydrogen) atoms. The fourth-order valence-corrected chi connectivity index (χ4v) is 3.92. The first-order valence-electron chi connectivity index (χ1n) is 6.65. The fourth-order valence-electron chi connectivity index (χ4n) is 2.95. The van der Waals surface area contributed by atoms with Gasteiger partial charge in [-0.1, -0.05) is 12.8 Å². The molecule has 0 saturated heterocycles. The lowest BCUT2D eigenvalue weighted by atomic mass is 9.83. The molecule has 0 spiro atoms. The van der Waals surface area contributed by atoms with Crippen molar-refractivity contribution in [3.05, 3.63) is 21.9 Å². The summed E-state index contributed by atoms with van der Waals surface area (Å²) in [6.07, 6.45) is 5.37. The van der Waals surface area contributed by atoms with E-state index in [9.17, 15) is 0 Å². The lowest BCUT2D eigenvalue weighted by Gasteiger charge is -2.37. The molecule has 96 valence electrons. The summed E-state index contributed by atoms with van der Waals surface area (Å²) in [4.78, 5) is 4.03. The van der Waals surface area contributed by atoms with Crippen molar-refractivity contribution < 1.29 is 0 Å². The average molecular weight is 252 g/mol. The summed E-state index contributed by atoms with van der Waals surface area (Å²) in [5, 5.41) is 2.19. The van der Waals surface area contributed by atoms with Crippen LogP contribution in [-0.2, 0) is 6.54 Å². The predicted octanol–water partition coefficient (Wildman–Crippen LogP) is 3.01. The van der Waals surface area contributed by atoms with E-state index in [0.717, 1.165) is 13.1 Å². The zero-order valence-electron chi connectivity index (χ0n) is 11.0. The van der Waals surface area contributed by atoms with E-state index in [4.69, 9.17) is 5.73 Å². The van der Waals surface area contributed by atoms with Gasteiger partial charge in [-0.2, -0.15) is 0 Å². The summed E-state index contributed by atoms with van der Waals surface area (Å²) in [6, 6.07) is 2.91. The lowest BCUT2D eigenvalue weighted by Crippen LogP contribution is -2.42. The molecule has 1 fully saturated rings. The Balaban J connectivity index is 1.98. The van der Waals surface area contributed by atoms with E-state index in [0.29, 0.717) is 12.0 Å². The number of aryl methyl sites for hydroxylation is 1. The number of hydrogen-bond acceptors (Lipinski definition) is 3. The highest BCUT2D eigenvalue weighted by atomic mass is 32.1. The van der Waals surface area contributed by atoms with E-state index in [2.05, 4.69) is 30.3 Å². The normalized spacial score (nSPS) is 25.4. The molecule has 0 aromatic carbocycles. The summed E-state index contributed by atoms with van der Waals surface area (Å²) < 4.78 is 0. The summed E-state index contributed by atoms with van der Waals surface area (Å²) in [5.74, 6) is 0.703. The first kappa shape index (κ1) is 13.1. The van der Waals surface area contributed by atoms with Gasteiger partial charge >= 0.3 is 0 Å². The molecule has 2 unspecified atom stereocenters. The molecule has 1 aliphatic rings. The molecule has 1 aromatic rings. The minimum absolute atomic E-state index is 0.690. The molecule has 0 radical (unpaired) electrons. The third kappa shape index (κ3) is 3.09. The minimum Gasteiger partial charge on any atom is -0.330 e. The van der Waals surface area contributed by atoms with Gasteiger partial charge in [0.1, 0.15) is 0 Å². The van der Waals surface area contributed by atoms with Crippen LogP contribution in [0, 0.1) is 12.8 Å². The van der Waals surface area contributed by atoms with Crippen molar-refractivity contribution in [1.29, 1.82) is 0 Å². The Hall–Kier alpha value is -0.380. The molecule has 2 rings (SSSR count). The molecule has 2 nitrogen and oxygen atoms in total. The molecular weight excluding hydrogens is 228 g/mol. The van der Waals surface area contributed by atoms with Gasteiger partial charge in [0.05, 0.1) is 0 Å². The number of rotatable bonds is 4. The summed E-state index contributed by atoms with van der Waals surface area (Å²) in [6.45, 7) is 4.14. The first-order chi connectivity index (χ1) is 8.22. The predicted molar refractivity (Wildman–Crippen MR) is 75.3 cm³/mol. The third-order valence-corrected chi connectivity index (χ3v) is 5.11. The quantitative estimate of drug-likeness (QED) is 0.892. The maximum absolute atomic E-state index is 5.91. The standard InChI is InChI=1S/C14H24N2S/c1-11-7-8-17-14(11)10-16(2)13-6-4-3-5-12(13)9-15/h7-8,12-13H,3-6,9-10,15H2,1-2H3. The van der Waals surface area contributed by atoms with Crippen LogP contribution in [0.15, 0.2) is 11.4 Å². The molecule has 1 aromatic heterocycles. The van der Waals surface area contributed by atoms with E-state index in [1.807, 2.05) is 11.3 Å². The Bertz CT molecular complexity index is 348. The smallest absolute Gasteiger partial charge is 0.0330 e. The van der Waals surface area contributed by atoms with Crippen LogP contribution in [0.5, 0.6) is 0 Å². The minimum atomic E-state index is 0.690. The van der Waals surface area contributed by atoms with Gasteiger partial charge in [0.2, 0.25) is 0 Å². The van der Waals surface area contributed by atoms with Gasteiger partial charge in [0.25, 0.3) is 0 Å². The van der Waals surface area contributed by atoms with Crippen molar-refractivity contribution in [2.24, 2.45) is 11.7 Å². The molecule has 2 N–H and O–H groups in total. The zero-order valence-corrected chi connectivity index (χ0v) is 11.8. The van der Waals surface area contributed by atoms with Gasteiger partial charge in [-0.3, -0.25) is 4.90 Å². The lowest BCUT2D eigenvalue weighted by molar-refractivity contribution is 0.128. The average Bonchev–Trinajstić information content (AvgIpc) is 2.75. The zero-order chi connectivity index (χ0) is 12.3. The highest BCUT2D eigenvalue weighted by Gasteiger charge is 2.27. The summed E-state index contributed by atoms with van der Waals surface area (Å²) >= 11 is 1.88. The van der Waals surface area contributed by atoms with Crippen molar-refractivity contribution in [3.8, 4) is 0 Å². The Labute approximate surface area is 109 Å². The monoisotopic (exact) mass is 252 g/mol. The van der Waals surface area contributed by atoms with Crippen LogP contribution in [0.4, 0.5) is 0 Å². The SMILES string of the molecule is Cc1ccsc1CN(C)C1CCCCC1CN. The van der Waals surface area contributed by atoms with Crippen molar-refractivity contribution in [2.45, 2.75) is 45.2 Å². The van der Waals surface area contributed by atoms with Gasteiger partial charge in [-0.25, -0.2) is 0 Å². The number of thiophene rings is 1. The van der Waals surface area contributed by atoms with Gasteiger partial charge in [0.15, 0.2) is 0 Å². The van der Waals surface area contributed by atoms with E-state index < -0.39 is 0 Å². The Morgan fingerprint density at radius 2 is 2.18 bits per heavy atom. The van der Waals surface area contributed by atoms with Crippen LogP contribution < -0.4 is 5.73 Å². The molecular formula is C14H24N2S. The largest absolute Gasteiger partial charge is 0.330 e. The van der Waals surface area contributed by atoms with Crippen molar-refractivity contribution >= 4 is 11.3 Å². The van der Waals surface area contributed by atoms with Crippen molar-refractivity contribution in [1.82, 2.24) is 4.90 Å². The fraction of sp³-hybridized carbons (Fsp3) is 0.714. The topological polar surface area (TPSA) is 29.3 Å². The number of nitrogens with zero attached hydrogens (tertiary/aromatic N) is 1. The maximum Gasteiger partial charge on any atom is 0.0330 e. The van der Waals surface area contributed by atoms with E-state index in [1.165, 1.54) is 36.1 Å². The molecule has 1 saturated carbocycles. The Morgan fingerprint density at radius 1 is 1.41 bits per heavy atom. The van der Waals surface area contributed by atoms with E-state index >= 15 is 0 Å². The molecule has 0 amide bonds. The second-order valence-corrected chi connectivity index (χ2v) is 6.29. The van der Waals surface area contributed by atoms with Crippen LogP contribution in [0.1, 0.15) is 36.1 Å². The van der Waals surface area contributed by atoms with Crippen molar-refractivity contribution in [3.63, 3.8) is 0 Å². The van der Waals surface area contributed by atoms with Crippen molar-refractivity contribution in [2.75, 3.05) is 13.6 Å². The molecule has 2 atom stereocenters. The maximum atomic E-state index is 5.91. The van der Waals surface area contributed by atoms with Gasteiger partial charge in [-0.15, -0.1) is 11.3 Å². The number of nitrogens with two attached hydrogens (primary N) is 1. The van der Waals surface area contributed by atoms with Gasteiger partial charge in [-0.05, 0) is 56.3 Å². The molecule has 0 bridgehead atoms. The summed E-state index contributed by atoms with van der Waals surface area (Å²) in [5.41, 5.74) is 7.34. The van der Waals surface area contributed by atoms with Crippen LogP contribution in [-0.4, -0.2) is 24.5 Å². The van der Waals surface area contributed by atoms with Crippen LogP contribution in [0.2, 0.25) is 0 Å². The molecule has 0 aliphatic heterocycles. The summed E-state index contributed by atoms with van der Waals surface area (Å²) in [7, 11) is 2.26. The van der Waals surface area contributed by atoms with E-state index in [-0.39, 0.29) is 0 Å². The Kier molecular flexibility index (Phi) is 4.60. The first-order valence-corrected chi connectivity index (χ1v) is 7.53. The Morgan fingerprint density at radius 3 is 2.82 bits per heavy atom. The van der Waals surface area contributed by atoms with Gasteiger partial charge < -0.3 is 5.73 Å². The number of hydrogen-bond donors (Lipinski definition) is 1. The molecule has 3 heteroatoms. The molecule has 1 heterocycles. The van der Waals surface area contributed by atoms with Crippen LogP contribution in [0.3, 0.4) is 0 Å². The third-order valence-electron chi connectivity index (χ3n) is 4.10. The van der Waals surface area contributed by atoms with E-state index in [1.54, 1.807) is 0 Å². The second-order valence-electron chi connectivity index (χ2n) is 5.29. The van der Waals surface area contributed by atoms with Crippen LogP contribution in [0.25, 0.3) is 0 Å². The highest BCUT2D eigenvalue weighted by Crippen LogP contribution is 2.29. The molecule has 1 aliphatic carbocycles. The second kappa shape index (κ2) is 5.98. The van der Waals surface area contributed by atoms with Gasteiger partial charge in [0, 0.05) is 17.5 Å². The highest BCUT2D eigenvalue weighted by molar-refractivity contribution is 7.10. The van der Waals surface area contributed by atoms with Crippen LogP contribution >= 0.6 is 11.3 Å².